The third-order valence-electron chi connectivity index (χ3n) is 3.15. The lowest BCUT2D eigenvalue weighted by Crippen LogP contribution is -2.36. The summed E-state index contributed by atoms with van der Waals surface area (Å²) in [5.41, 5.74) is 2.83. The summed E-state index contributed by atoms with van der Waals surface area (Å²) in [5, 5.41) is 3.58. The molecule has 0 aromatic heterocycles. The van der Waals surface area contributed by atoms with Gasteiger partial charge in [-0.2, -0.15) is 0 Å². The summed E-state index contributed by atoms with van der Waals surface area (Å²) in [4.78, 5) is 0. The van der Waals surface area contributed by atoms with Crippen molar-refractivity contribution in [1.29, 1.82) is 0 Å². The number of fused-ring (bicyclic) bond motifs is 1. The molecular weight excluding hydrogens is 198 g/mol. The van der Waals surface area contributed by atoms with E-state index in [1.807, 2.05) is 13.0 Å². The zero-order chi connectivity index (χ0) is 11.8. The molecule has 0 aliphatic carbocycles. The minimum atomic E-state index is 0.194. The highest BCUT2D eigenvalue weighted by atomic mass is 16.5. The Balaban J connectivity index is 2.33. The van der Waals surface area contributed by atoms with Gasteiger partial charge in [0.05, 0.1) is 6.61 Å². The van der Waals surface area contributed by atoms with Gasteiger partial charge in [-0.15, -0.1) is 0 Å². The van der Waals surface area contributed by atoms with Crippen LogP contribution < -0.4 is 10.1 Å². The molecule has 2 nitrogen and oxygen atoms in total. The average molecular weight is 219 g/mol. The van der Waals surface area contributed by atoms with Crippen molar-refractivity contribution >= 4 is 5.69 Å². The van der Waals surface area contributed by atoms with Gasteiger partial charge in [0, 0.05) is 11.2 Å². The van der Waals surface area contributed by atoms with E-state index in [0.29, 0.717) is 5.92 Å². The summed E-state index contributed by atoms with van der Waals surface area (Å²) in [7, 11) is 0. The molecule has 1 aromatic carbocycles. The van der Waals surface area contributed by atoms with Crippen molar-refractivity contribution < 1.29 is 4.74 Å². The lowest BCUT2D eigenvalue weighted by molar-refractivity contribution is 0.339. The zero-order valence-corrected chi connectivity index (χ0v) is 10.6. The molecule has 2 heteroatoms. The number of nitrogens with one attached hydrogen (secondary N) is 1. The van der Waals surface area contributed by atoms with E-state index in [1.54, 1.807) is 0 Å². The van der Waals surface area contributed by atoms with Gasteiger partial charge in [0.15, 0.2) is 0 Å². The molecule has 1 unspecified atom stereocenters. The molecule has 1 aliphatic heterocycles. The third-order valence-corrected chi connectivity index (χ3v) is 3.15. The number of hydrogen-bond acceptors (Lipinski definition) is 2. The first-order valence-electron chi connectivity index (χ1n) is 6.07. The van der Waals surface area contributed by atoms with E-state index in [0.717, 1.165) is 18.8 Å². The number of anilines is 1. The quantitative estimate of drug-likeness (QED) is 0.817. The molecule has 88 valence electrons. The normalized spacial score (nSPS) is 22.1. The maximum atomic E-state index is 5.54. The van der Waals surface area contributed by atoms with Crippen LogP contribution in [-0.4, -0.2) is 12.1 Å². The Kier molecular flexibility index (Phi) is 2.83. The molecular formula is C14H21NO. The van der Waals surface area contributed by atoms with Crippen molar-refractivity contribution in [2.45, 2.75) is 45.6 Å². The monoisotopic (exact) mass is 219 g/mol. The van der Waals surface area contributed by atoms with Gasteiger partial charge in [-0.1, -0.05) is 6.92 Å². The second-order valence-electron chi connectivity index (χ2n) is 5.30. The van der Waals surface area contributed by atoms with Crippen LogP contribution in [0.3, 0.4) is 0 Å². The lowest BCUT2D eigenvalue weighted by Gasteiger charge is -2.37. The van der Waals surface area contributed by atoms with Crippen LogP contribution in [0.1, 0.15) is 45.6 Å². The Morgan fingerprint density at radius 3 is 2.88 bits per heavy atom. The summed E-state index contributed by atoms with van der Waals surface area (Å²) in [6, 6.07) is 6.35. The molecule has 0 saturated carbocycles. The van der Waals surface area contributed by atoms with E-state index < -0.39 is 0 Å². The molecule has 2 rings (SSSR count). The predicted molar refractivity (Wildman–Crippen MR) is 68.3 cm³/mol. The van der Waals surface area contributed by atoms with Gasteiger partial charge < -0.3 is 10.1 Å². The summed E-state index contributed by atoms with van der Waals surface area (Å²) >= 11 is 0. The van der Waals surface area contributed by atoms with Crippen LogP contribution >= 0.6 is 0 Å². The van der Waals surface area contributed by atoms with E-state index in [-0.39, 0.29) is 5.54 Å². The summed E-state index contributed by atoms with van der Waals surface area (Å²) in [6.07, 6.45) is 1.16. The fraction of sp³-hybridized carbons (Fsp3) is 0.571. The molecule has 16 heavy (non-hydrogen) atoms. The minimum absolute atomic E-state index is 0.194. The summed E-state index contributed by atoms with van der Waals surface area (Å²) in [6.45, 7) is 9.54. The Hall–Kier alpha value is -1.18. The molecule has 0 fully saturated rings. The Morgan fingerprint density at radius 2 is 2.19 bits per heavy atom. The second kappa shape index (κ2) is 4.00. The van der Waals surface area contributed by atoms with Crippen LogP contribution in [0.25, 0.3) is 0 Å². The van der Waals surface area contributed by atoms with Gasteiger partial charge in [-0.05, 0) is 56.9 Å². The van der Waals surface area contributed by atoms with E-state index in [4.69, 9.17) is 4.74 Å². The molecule has 1 aromatic rings. The number of benzene rings is 1. The van der Waals surface area contributed by atoms with Crippen LogP contribution in [0.5, 0.6) is 5.75 Å². The van der Waals surface area contributed by atoms with Gasteiger partial charge >= 0.3 is 0 Å². The molecule has 1 atom stereocenters. The van der Waals surface area contributed by atoms with E-state index in [1.165, 1.54) is 11.3 Å². The summed E-state index contributed by atoms with van der Waals surface area (Å²) < 4.78 is 5.54. The molecule has 1 N–H and O–H groups in total. The van der Waals surface area contributed by atoms with Crippen LogP contribution in [0.15, 0.2) is 18.2 Å². The van der Waals surface area contributed by atoms with Crippen LogP contribution in [0, 0.1) is 0 Å². The van der Waals surface area contributed by atoms with Gasteiger partial charge in [0.25, 0.3) is 0 Å². The molecule has 0 radical (unpaired) electrons. The number of hydrogen-bond donors (Lipinski definition) is 1. The van der Waals surface area contributed by atoms with Gasteiger partial charge in [0.1, 0.15) is 5.75 Å². The zero-order valence-electron chi connectivity index (χ0n) is 10.6. The maximum absolute atomic E-state index is 5.54. The van der Waals surface area contributed by atoms with Gasteiger partial charge in [-0.25, -0.2) is 0 Å². The SMILES string of the molecule is CCOc1ccc2c(c1)C(C)CC(C)(C)N2. The highest BCUT2D eigenvalue weighted by molar-refractivity contribution is 5.59. The second-order valence-corrected chi connectivity index (χ2v) is 5.30. The highest BCUT2D eigenvalue weighted by Gasteiger charge is 2.29. The van der Waals surface area contributed by atoms with Crippen molar-refractivity contribution in [1.82, 2.24) is 0 Å². The number of rotatable bonds is 2. The standard InChI is InChI=1S/C14H21NO/c1-5-16-11-6-7-13-12(8-11)10(2)9-14(3,4)15-13/h6-8,10,15H,5,9H2,1-4H3. The maximum Gasteiger partial charge on any atom is 0.119 e. The summed E-state index contributed by atoms with van der Waals surface area (Å²) in [5.74, 6) is 1.57. The molecule has 0 saturated heterocycles. The molecule has 1 heterocycles. The predicted octanol–water partition coefficient (Wildman–Crippen LogP) is 3.78. The lowest BCUT2D eigenvalue weighted by atomic mass is 9.82. The van der Waals surface area contributed by atoms with Crippen molar-refractivity contribution in [3.05, 3.63) is 23.8 Å². The van der Waals surface area contributed by atoms with E-state index in [2.05, 4.69) is 38.2 Å². The Morgan fingerprint density at radius 1 is 1.44 bits per heavy atom. The van der Waals surface area contributed by atoms with E-state index in [9.17, 15) is 0 Å². The van der Waals surface area contributed by atoms with Crippen molar-refractivity contribution in [3.63, 3.8) is 0 Å². The first-order chi connectivity index (χ1) is 7.52. The van der Waals surface area contributed by atoms with Crippen LogP contribution in [0.2, 0.25) is 0 Å². The molecule has 1 aliphatic rings. The first-order valence-corrected chi connectivity index (χ1v) is 6.07. The van der Waals surface area contributed by atoms with E-state index >= 15 is 0 Å². The Labute approximate surface area is 98.0 Å². The average Bonchev–Trinajstić information content (AvgIpc) is 2.18. The van der Waals surface area contributed by atoms with Crippen LogP contribution in [0.4, 0.5) is 5.69 Å². The Bertz CT molecular complexity index is 384. The van der Waals surface area contributed by atoms with Crippen molar-refractivity contribution in [2.24, 2.45) is 0 Å². The smallest absolute Gasteiger partial charge is 0.119 e. The van der Waals surface area contributed by atoms with Crippen molar-refractivity contribution in [3.8, 4) is 5.75 Å². The van der Waals surface area contributed by atoms with Crippen molar-refractivity contribution in [2.75, 3.05) is 11.9 Å². The molecule has 0 spiro atoms. The topological polar surface area (TPSA) is 21.3 Å². The third kappa shape index (κ3) is 2.16. The number of ether oxygens (including phenoxy) is 1. The minimum Gasteiger partial charge on any atom is -0.494 e. The van der Waals surface area contributed by atoms with Gasteiger partial charge in [0.2, 0.25) is 0 Å². The fourth-order valence-corrected chi connectivity index (χ4v) is 2.61. The fourth-order valence-electron chi connectivity index (χ4n) is 2.61. The largest absolute Gasteiger partial charge is 0.494 e. The molecule has 0 amide bonds. The highest BCUT2D eigenvalue weighted by Crippen LogP contribution is 2.39. The van der Waals surface area contributed by atoms with Crippen LogP contribution in [-0.2, 0) is 0 Å². The van der Waals surface area contributed by atoms with Gasteiger partial charge in [-0.3, -0.25) is 0 Å². The molecule has 0 bridgehead atoms. The first kappa shape index (κ1) is 11.3.